The molecule has 0 unspecified atom stereocenters. The molecule has 0 spiro atoms. The first kappa shape index (κ1) is 16.0. The van der Waals surface area contributed by atoms with Gasteiger partial charge in [-0.15, -0.1) is 0 Å². The molecule has 0 bridgehead atoms. The summed E-state index contributed by atoms with van der Waals surface area (Å²) in [5.74, 6) is 1.30. The number of pyridine rings is 1. The molecule has 0 saturated heterocycles. The number of hydrogen-bond acceptors (Lipinski definition) is 4. The molecule has 0 fully saturated rings. The van der Waals surface area contributed by atoms with E-state index in [0.29, 0.717) is 17.5 Å². The normalized spacial score (nSPS) is 10.8. The van der Waals surface area contributed by atoms with Gasteiger partial charge in [-0.2, -0.15) is 0 Å². The van der Waals surface area contributed by atoms with E-state index in [-0.39, 0.29) is 5.78 Å². The summed E-state index contributed by atoms with van der Waals surface area (Å²) in [4.78, 5) is 16.0. The average molecular weight is 320 g/mol. The Bertz CT molecular complexity index is 888. The highest BCUT2D eigenvalue weighted by Gasteiger charge is 2.05. The van der Waals surface area contributed by atoms with E-state index in [9.17, 15) is 4.79 Å². The van der Waals surface area contributed by atoms with Gasteiger partial charge in [0.1, 0.15) is 5.75 Å². The summed E-state index contributed by atoms with van der Waals surface area (Å²) in [5, 5.41) is 4.27. The van der Waals surface area contributed by atoms with Crippen molar-refractivity contribution in [1.82, 2.24) is 4.98 Å². The predicted octanol–water partition coefficient (Wildman–Crippen LogP) is 5.05. The fraction of sp³-hybridized carbons (Fsp3) is 0.200. The molecule has 1 aromatic heterocycles. The number of Topliss-reactive ketones (excluding diaryl/α,β-unsaturated/α-hetero) is 1. The van der Waals surface area contributed by atoms with Crippen molar-refractivity contribution in [2.24, 2.45) is 0 Å². The zero-order chi connectivity index (χ0) is 17.1. The van der Waals surface area contributed by atoms with Gasteiger partial charge in [0.15, 0.2) is 5.78 Å². The van der Waals surface area contributed by atoms with Gasteiger partial charge in [-0.3, -0.25) is 4.79 Å². The number of nitrogens with zero attached hydrogens (tertiary/aromatic N) is 1. The van der Waals surface area contributed by atoms with Crippen LogP contribution in [-0.2, 0) is 0 Å². The first-order valence-electron chi connectivity index (χ1n) is 7.97. The summed E-state index contributed by atoms with van der Waals surface area (Å²) in [5.41, 5.74) is 2.49. The number of fused-ring (bicyclic) bond motifs is 1. The van der Waals surface area contributed by atoms with Crippen LogP contribution in [0.4, 0.5) is 5.69 Å². The van der Waals surface area contributed by atoms with Crippen LogP contribution in [0.1, 0.15) is 31.1 Å². The number of anilines is 1. The van der Waals surface area contributed by atoms with E-state index in [1.807, 2.05) is 48.5 Å². The Morgan fingerprint density at radius 1 is 1.08 bits per heavy atom. The monoisotopic (exact) mass is 320 g/mol. The first-order chi connectivity index (χ1) is 11.5. The van der Waals surface area contributed by atoms with Crippen LogP contribution < -0.4 is 10.1 Å². The highest BCUT2D eigenvalue weighted by atomic mass is 16.5. The molecule has 24 heavy (non-hydrogen) atoms. The molecule has 0 radical (unpaired) electrons. The lowest BCUT2D eigenvalue weighted by atomic mass is 10.1. The molecule has 0 saturated carbocycles. The van der Waals surface area contributed by atoms with Crippen LogP contribution in [0.5, 0.6) is 11.6 Å². The van der Waals surface area contributed by atoms with Crippen LogP contribution in [0, 0.1) is 0 Å². The van der Waals surface area contributed by atoms with Crippen molar-refractivity contribution >= 4 is 22.4 Å². The minimum atomic E-state index is 0.0479. The quantitative estimate of drug-likeness (QED) is 0.668. The molecule has 0 aliphatic heterocycles. The van der Waals surface area contributed by atoms with Crippen molar-refractivity contribution in [2.45, 2.75) is 26.8 Å². The highest BCUT2D eigenvalue weighted by molar-refractivity contribution is 5.97. The second kappa shape index (κ2) is 6.71. The number of rotatable bonds is 5. The van der Waals surface area contributed by atoms with E-state index >= 15 is 0 Å². The zero-order valence-corrected chi connectivity index (χ0v) is 14.0. The number of aromatic nitrogens is 1. The summed E-state index contributed by atoms with van der Waals surface area (Å²) < 4.78 is 5.87. The number of carbonyl (C=O) groups excluding carboxylic acids is 1. The molecule has 4 nitrogen and oxygen atoms in total. The van der Waals surface area contributed by atoms with Gasteiger partial charge in [0.05, 0.1) is 5.52 Å². The molecule has 0 aliphatic rings. The van der Waals surface area contributed by atoms with Crippen LogP contribution in [-0.4, -0.2) is 16.8 Å². The average Bonchev–Trinajstić information content (AvgIpc) is 2.54. The molecule has 2 aromatic carbocycles. The fourth-order valence-corrected chi connectivity index (χ4v) is 2.49. The van der Waals surface area contributed by atoms with Crippen molar-refractivity contribution in [1.29, 1.82) is 0 Å². The smallest absolute Gasteiger partial charge is 0.219 e. The van der Waals surface area contributed by atoms with Crippen LogP contribution >= 0.6 is 0 Å². The van der Waals surface area contributed by atoms with E-state index in [1.165, 1.54) is 0 Å². The van der Waals surface area contributed by atoms with Crippen molar-refractivity contribution in [3.8, 4) is 11.6 Å². The number of carbonyl (C=O) groups is 1. The minimum Gasteiger partial charge on any atom is -0.439 e. The molecule has 3 rings (SSSR count). The maximum atomic E-state index is 11.5. The molecule has 1 N–H and O–H groups in total. The van der Waals surface area contributed by atoms with Gasteiger partial charge in [-0.1, -0.05) is 6.07 Å². The number of ether oxygens (including phenoxy) is 1. The number of ketones is 1. The maximum Gasteiger partial charge on any atom is 0.219 e. The Hall–Kier alpha value is -2.88. The summed E-state index contributed by atoms with van der Waals surface area (Å²) in [7, 11) is 0. The molecule has 0 amide bonds. The Balaban J connectivity index is 1.85. The third-order valence-corrected chi connectivity index (χ3v) is 3.58. The second-order valence-corrected chi connectivity index (χ2v) is 6.04. The lowest BCUT2D eigenvalue weighted by Crippen LogP contribution is -2.09. The van der Waals surface area contributed by atoms with Crippen LogP contribution in [0.15, 0.2) is 54.6 Å². The summed E-state index contributed by atoms with van der Waals surface area (Å²) >= 11 is 0. The summed E-state index contributed by atoms with van der Waals surface area (Å²) in [6, 6.07) is 17.4. The van der Waals surface area contributed by atoms with E-state index in [2.05, 4.69) is 24.1 Å². The molecule has 122 valence electrons. The lowest BCUT2D eigenvalue weighted by molar-refractivity contribution is 0.101. The van der Waals surface area contributed by atoms with Gasteiger partial charge in [0.25, 0.3) is 0 Å². The fourth-order valence-electron chi connectivity index (χ4n) is 2.49. The van der Waals surface area contributed by atoms with Crippen LogP contribution in [0.3, 0.4) is 0 Å². The Kier molecular flexibility index (Phi) is 4.47. The second-order valence-electron chi connectivity index (χ2n) is 6.04. The zero-order valence-electron chi connectivity index (χ0n) is 14.0. The third kappa shape index (κ3) is 3.71. The van der Waals surface area contributed by atoms with Crippen molar-refractivity contribution in [2.75, 3.05) is 5.32 Å². The highest BCUT2D eigenvalue weighted by Crippen LogP contribution is 2.25. The third-order valence-electron chi connectivity index (χ3n) is 3.58. The molecule has 3 aromatic rings. The van der Waals surface area contributed by atoms with Gasteiger partial charge < -0.3 is 10.1 Å². The molecular formula is C20H20N2O2. The van der Waals surface area contributed by atoms with Crippen LogP contribution in [0.2, 0.25) is 0 Å². The van der Waals surface area contributed by atoms with E-state index in [1.54, 1.807) is 13.0 Å². The summed E-state index contributed by atoms with van der Waals surface area (Å²) in [6.07, 6.45) is 0. The van der Waals surface area contributed by atoms with Crippen molar-refractivity contribution in [3.63, 3.8) is 0 Å². The van der Waals surface area contributed by atoms with E-state index in [0.717, 1.165) is 22.3 Å². The Morgan fingerprint density at radius 2 is 1.92 bits per heavy atom. The lowest BCUT2D eigenvalue weighted by Gasteiger charge is -2.12. The number of nitrogens with one attached hydrogen (secondary N) is 1. The van der Waals surface area contributed by atoms with Crippen molar-refractivity contribution in [3.05, 3.63) is 60.2 Å². The Morgan fingerprint density at radius 3 is 2.67 bits per heavy atom. The molecule has 4 heteroatoms. The van der Waals surface area contributed by atoms with Crippen molar-refractivity contribution < 1.29 is 9.53 Å². The Labute approximate surface area is 141 Å². The SMILES string of the molecule is CC(=O)c1ccc2nc(Oc3cccc(NC(C)C)c3)ccc2c1. The van der Waals surface area contributed by atoms with Gasteiger partial charge in [-0.05, 0) is 57.2 Å². The summed E-state index contributed by atoms with van der Waals surface area (Å²) in [6.45, 7) is 5.74. The molecular weight excluding hydrogens is 300 g/mol. The standard InChI is InChI=1S/C20H20N2O2/c1-13(2)21-17-5-4-6-18(12-17)24-20-10-8-16-11-15(14(3)23)7-9-19(16)22-20/h4-13,21H,1-3H3. The number of hydrogen-bond donors (Lipinski definition) is 1. The van der Waals surface area contributed by atoms with E-state index in [4.69, 9.17) is 4.74 Å². The van der Waals surface area contributed by atoms with Gasteiger partial charge in [0.2, 0.25) is 5.88 Å². The molecule has 0 atom stereocenters. The van der Waals surface area contributed by atoms with Crippen LogP contribution in [0.25, 0.3) is 10.9 Å². The molecule has 1 heterocycles. The molecule has 0 aliphatic carbocycles. The van der Waals surface area contributed by atoms with Gasteiger partial charge >= 0.3 is 0 Å². The predicted molar refractivity (Wildman–Crippen MR) is 97.0 cm³/mol. The first-order valence-corrected chi connectivity index (χ1v) is 7.97. The van der Waals surface area contributed by atoms with Gasteiger partial charge in [-0.25, -0.2) is 4.98 Å². The topological polar surface area (TPSA) is 51.2 Å². The largest absolute Gasteiger partial charge is 0.439 e. The van der Waals surface area contributed by atoms with Gasteiger partial charge in [0, 0.05) is 34.8 Å². The number of benzene rings is 2. The van der Waals surface area contributed by atoms with E-state index < -0.39 is 0 Å². The maximum absolute atomic E-state index is 11.5. The minimum absolute atomic E-state index is 0.0479.